The zero-order valence-electron chi connectivity index (χ0n) is 11.5. The molecule has 0 aliphatic heterocycles. The third-order valence-corrected chi connectivity index (χ3v) is 3.31. The number of carboxylic acid groups (broad SMARTS) is 1. The fraction of sp³-hybridized carbons (Fsp3) is 0. The van der Waals surface area contributed by atoms with Crippen molar-refractivity contribution in [3.8, 4) is 23.0 Å². The molecule has 0 saturated carbocycles. The SMILES string of the molecule is N#Cc1ccc(-n2cnc(-c3ccccc3C(=O)O)c2)cc1. The zero-order valence-corrected chi connectivity index (χ0v) is 11.5. The van der Waals surface area contributed by atoms with Gasteiger partial charge in [0.15, 0.2) is 0 Å². The first-order chi connectivity index (χ1) is 10.7. The smallest absolute Gasteiger partial charge is 0.336 e. The average molecular weight is 289 g/mol. The highest BCUT2D eigenvalue weighted by Gasteiger charge is 2.13. The average Bonchev–Trinajstić information content (AvgIpc) is 3.04. The van der Waals surface area contributed by atoms with E-state index in [1.165, 1.54) is 0 Å². The van der Waals surface area contributed by atoms with Crippen LogP contribution in [0.3, 0.4) is 0 Å². The molecule has 3 aromatic rings. The number of benzene rings is 2. The summed E-state index contributed by atoms with van der Waals surface area (Å²) in [5.41, 5.74) is 2.81. The van der Waals surface area contributed by atoms with Crippen LogP contribution in [0.5, 0.6) is 0 Å². The summed E-state index contributed by atoms with van der Waals surface area (Å²) < 4.78 is 1.79. The molecular weight excluding hydrogens is 278 g/mol. The van der Waals surface area contributed by atoms with Gasteiger partial charge in [0, 0.05) is 17.4 Å². The highest BCUT2D eigenvalue weighted by molar-refractivity contribution is 5.95. The second-order valence-electron chi connectivity index (χ2n) is 4.68. The fourth-order valence-corrected chi connectivity index (χ4v) is 2.20. The number of carbonyl (C=O) groups is 1. The fourth-order valence-electron chi connectivity index (χ4n) is 2.20. The summed E-state index contributed by atoms with van der Waals surface area (Å²) in [6.45, 7) is 0. The lowest BCUT2D eigenvalue weighted by Crippen LogP contribution is -1.99. The summed E-state index contributed by atoms with van der Waals surface area (Å²) in [5, 5.41) is 18.1. The monoisotopic (exact) mass is 289 g/mol. The summed E-state index contributed by atoms with van der Waals surface area (Å²) in [4.78, 5) is 15.6. The van der Waals surface area contributed by atoms with Gasteiger partial charge < -0.3 is 9.67 Å². The molecule has 2 aromatic carbocycles. The topological polar surface area (TPSA) is 78.9 Å². The number of imidazole rings is 1. The van der Waals surface area contributed by atoms with E-state index in [1.807, 2.05) is 12.1 Å². The standard InChI is InChI=1S/C17H11N3O2/c18-9-12-5-7-13(8-6-12)20-10-16(19-11-20)14-3-1-2-4-15(14)17(21)22/h1-8,10-11H,(H,21,22). The maximum Gasteiger partial charge on any atom is 0.336 e. The van der Waals surface area contributed by atoms with Gasteiger partial charge in [-0.05, 0) is 30.3 Å². The molecule has 106 valence electrons. The largest absolute Gasteiger partial charge is 0.478 e. The van der Waals surface area contributed by atoms with E-state index in [2.05, 4.69) is 11.1 Å². The number of nitrogens with zero attached hydrogens (tertiary/aromatic N) is 3. The summed E-state index contributed by atoms with van der Waals surface area (Å²) in [6, 6.07) is 15.9. The van der Waals surface area contributed by atoms with Crippen molar-refractivity contribution >= 4 is 5.97 Å². The molecule has 0 fully saturated rings. The minimum absolute atomic E-state index is 0.215. The van der Waals surface area contributed by atoms with E-state index >= 15 is 0 Å². The zero-order chi connectivity index (χ0) is 15.5. The maximum atomic E-state index is 11.3. The number of aromatic carboxylic acids is 1. The highest BCUT2D eigenvalue weighted by Crippen LogP contribution is 2.23. The van der Waals surface area contributed by atoms with E-state index in [-0.39, 0.29) is 5.56 Å². The van der Waals surface area contributed by atoms with E-state index in [0.29, 0.717) is 16.8 Å². The Bertz CT molecular complexity index is 873. The van der Waals surface area contributed by atoms with E-state index in [1.54, 1.807) is 53.5 Å². The van der Waals surface area contributed by atoms with Crippen molar-refractivity contribution in [3.05, 3.63) is 72.2 Å². The van der Waals surface area contributed by atoms with E-state index in [4.69, 9.17) is 5.26 Å². The molecule has 0 atom stereocenters. The molecular formula is C17H11N3O2. The minimum Gasteiger partial charge on any atom is -0.478 e. The normalized spacial score (nSPS) is 10.1. The molecule has 1 aromatic heterocycles. The predicted molar refractivity (Wildman–Crippen MR) is 80.7 cm³/mol. The van der Waals surface area contributed by atoms with Crippen molar-refractivity contribution in [1.29, 1.82) is 5.26 Å². The summed E-state index contributed by atoms with van der Waals surface area (Å²) >= 11 is 0. The van der Waals surface area contributed by atoms with Gasteiger partial charge >= 0.3 is 5.97 Å². The van der Waals surface area contributed by atoms with Gasteiger partial charge in [-0.2, -0.15) is 5.26 Å². The lowest BCUT2D eigenvalue weighted by molar-refractivity contribution is 0.0697. The van der Waals surface area contributed by atoms with Crippen LogP contribution in [-0.4, -0.2) is 20.6 Å². The van der Waals surface area contributed by atoms with Crippen molar-refractivity contribution < 1.29 is 9.90 Å². The number of carboxylic acids is 1. The maximum absolute atomic E-state index is 11.3. The van der Waals surface area contributed by atoms with Gasteiger partial charge in [0.1, 0.15) is 0 Å². The van der Waals surface area contributed by atoms with Gasteiger partial charge in [-0.3, -0.25) is 0 Å². The Morgan fingerprint density at radius 1 is 1.14 bits per heavy atom. The van der Waals surface area contributed by atoms with Gasteiger partial charge in [-0.25, -0.2) is 9.78 Å². The van der Waals surface area contributed by atoms with E-state index in [9.17, 15) is 9.90 Å². The van der Waals surface area contributed by atoms with Crippen LogP contribution in [0.15, 0.2) is 61.1 Å². The molecule has 0 spiro atoms. The quantitative estimate of drug-likeness (QED) is 0.803. The Hall–Kier alpha value is -3.39. The number of rotatable bonds is 3. The molecule has 1 N–H and O–H groups in total. The summed E-state index contributed by atoms with van der Waals surface area (Å²) in [7, 11) is 0. The molecule has 0 aliphatic rings. The minimum atomic E-state index is -0.983. The summed E-state index contributed by atoms with van der Waals surface area (Å²) in [6.07, 6.45) is 3.39. The van der Waals surface area contributed by atoms with Crippen molar-refractivity contribution in [2.45, 2.75) is 0 Å². The predicted octanol–water partition coefficient (Wildman–Crippen LogP) is 3.11. The highest BCUT2D eigenvalue weighted by atomic mass is 16.4. The van der Waals surface area contributed by atoms with Crippen LogP contribution in [0.2, 0.25) is 0 Å². The number of aromatic nitrogens is 2. The van der Waals surface area contributed by atoms with Crippen LogP contribution < -0.4 is 0 Å². The molecule has 1 heterocycles. The van der Waals surface area contributed by atoms with Crippen LogP contribution in [0.1, 0.15) is 15.9 Å². The van der Waals surface area contributed by atoms with Crippen LogP contribution in [0.25, 0.3) is 16.9 Å². The van der Waals surface area contributed by atoms with Crippen LogP contribution in [-0.2, 0) is 0 Å². The molecule has 5 nitrogen and oxygen atoms in total. The number of nitriles is 1. The molecule has 0 bridgehead atoms. The van der Waals surface area contributed by atoms with Crippen molar-refractivity contribution in [3.63, 3.8) is 0 Å². The second kappa shape index (κ2) is 5.54. The Balaban J connectivity index is 2.01. The molecule has 5 heteroatoms. The first kappa shape index (κ1) is 13.6. The van der Waals surface area contributed by atoms with Crippen LogP contribution in [0, 0.1) is 11.3 Å². The van der Waals surface area contributed by atoms with E-state index < -0.39 is 5.97 Å². The first-order valence-electron chi connectivity index (χ1n) is 6.56. The Labute approximate surface area is 126 Å². The van der Waals surface area contributed by atoms with Crippen molar-refractivity contribution in [2.75, 3.05) is 0 Å². The third-order valence-electron chi connectivity index (χ3n) is 3.31. The molecule has 0 saturated heterocycles. The summed E-state index contributed by atoms with van der Waals surface area (Å²) in [5.74, 6) is -0.983. The molecule has 3 rings (SSSR count). The van der Waals surface area contributed by atoms with Gasteiger partial charge in [0.25, 0.3) is 0 Å². The first-order valence-corrected chi connectivity index (χ1v) is 6.56. The Morgan fingerprint density at radius 2 is 1.86 bits per heavy atom. The van der Waals surface area contributed by atoms with Gasteiger partial charge in [0.2, 0.25) is 0 Å². The van der Waals surface area contributed by atoms with Crippen molar-refractivity contribution in [1.82, 2.24) is 9.55 Å². The Kier molecular flexibility index (Phi) is 3.42. The van der Waals surface area contributed by atoms with Gasteiger partial charge in [0.05, 0.1) is 29.2 Å². The second-order valence-corrected chi connectivity index (χ2v) is 4.68. The number of hydrogen-bond donors (Lipinski definition) is 1. The molecule has 0 aliphatic carbocycles. The molecule has 0 unspecified atom stereocenters. The lowest BCUT2D eigenvalue weighted by atomic mass is 10.1. The molecule has 0 amide bonds. The molecule has 0 radical (unpaired) electrons. The Morgan fingerprint density at radius 3 is 2.55 bits per heavy atom. The van der Waals surface area contributed by atoms with Gasteiger partial charge in [-0.15, -0.1) is 0 Å². The van der Waals surface area contributed by atoms with Gasteiger partial charge in [-0.1, -0.05) is 18.2 Å². The van der Waals surface area contributed by atoms with Crippen LogP contribution >= 0.6 is 0 Å². The molecule has 22 heavy (non-hydrogen) atoms. The van der Waals surface area contributed by atoms with Crippen LogP contribution in [0.4, 0.5) is 0 Å². The number of hydrogen-bond acceptors (Lipinski definition) is 3. The van der Waals surface area contributed by atoms with E-state index in [0.717, 1.165) is 5.69 Å². The third kappa shape index (κ3) is 2.45. The lowest BCUT2D eigenvalue weighted by Gasteiger charge is -2.03. The van der Waals surface area contributed by atoms with Crippen molar-refractivity contribution in [2.24, 2.45) is 0 Å².